The molecule has 0 aliphatic carbocycles. The molecule has 0 aromatic carbocycles. The monoisotopic (exact) mass is 354 g/mol. The van der Waals surface area contributed by atoms with Gasteiger partial charge in [0, 0.05) is 30.1 Å². The highest BCUT2D eigenvalue weighted by Crippen LogP contribution is 2.31. The number of aryl methyl sites for hydroxylation is 2. The van der Waals surface area contributed by atoms with Gasteiger partial charge in [-0.3, -0.25) is 4.79 Å². The van der Waals surface area contributed by atoms with Crippen LogP contribution in [0, 0.1) is 6.92 Å². The maximum atomic E-state index is 12.8. The van der Waals surface area contributed by atoms with Gasteiger partial charge in [0.25, 0.3) is 0 Å². The third-order valence-corrected chi connectivity index (χ3v) is 5.73. The summed E-state index contributed by atoms with van der Waals surface area (Å²) in [5.41, 5.74) is 2.79. The van der Waals surface area contributed by atoms with Gasteiger partial charge in [0.2, 0.25) is 5.91 Å². The van der Waals surface area contributed by atoms with Gasteiger partial charge in [0.15, 0.2) is 5.65 Å². The topological polar surface area (TPSA) is 50.5 Å². The number of likely N-dealkylation sites (tertiary alicyclic amines) is 1. The van der Waals surface area contributed by atoms with Gasteiger partial charge < -0.3 is 4.90 Å². The van der Waals surface area contributed by atoms with E-state index in [9.17, 15) is 4.79 Å². The van der Waals surface area contributed by atoms with Gasteiger partial charge in [-0.2, -0.15) is 5.10 Å². The van der Waals surface area contributed by atoms with Crippen LogP contribution in [0.2, 0.25) is 0 Å². The summed E-state index contributed by atoms with van der Waals surface area (Å²) in [5.74, 6) is 0.240. The maximum absolute atomic E-state index is 12.8. The molecule has 0 saturated carbocycles. The van der Waals surface area contributed by atoms with E-state index >= 15 is 0 Å². The first-order valence-corrected chi connectivity index (χ1v) is 9.73. The fraction of sp³-hybridized carbons (Fsp3) is 0.421. The van der Waals surface area contributed by atoms with E-state index in [0.29, 0.717) is 6.42 Å². The molecule has 130 valence electrons. The highest BCUT2D eigenvalue weighted by atomic mass is 32.1. The molecule has 0 radical (unpaired) electrons. The molecule has 0 N–H and O–H groups in total. The molecule has 1 fully saturated rings. The van der Waals surface area contributed by atoms with Crippen LogP contribution in [-0.4, -0.2) is 31.9 Å². The molecule has 25 heavy (non-hydrogen) atoms. The number of piperidine rings is 1. The van der Waals surface area contributed by atoms with Crippen molar-refractivity contribution in [3.63, 3.8) is 0 Å². The van der Waals surface area contributed by atoms with Crippen LogP contribution in [-0.2, 0) is 11.2 Å². The Balaban J connectivity index is 1.53. The predicted octanol–water partition coefficient (Wildman–Crippen LogP) is 3.79. The first kappa shape index (κ1) is 16.3. The van der Waals surface area contributed by atoms with Gasteiger partial charge in [0.05, 0.1) is 17.4 Å². The summed E-state index contributed by atoms with van der Waals surface area (Å²) in [6, 6.07) is 8.22. The van der Waals surface area contributed by atoms with Crippen molar-refractivity contribution in [1.29, 1.82) is 0 Å². The van der Waals surface area contributed by atoms with Crippen LogP contribution < -0.4 is 0 Å². The van der Waals surface area contributed by atoms with Crippen LogP contribution in [0.5, 0.6) is 0 Å². The first-order valence-electron chi connectivity index (χ1n) is 8.85. The number of carbonyl (C=O) groups excluding carboxylic acids is 1. The van der Waals surface area contributed by atoms with Crippen molar-refractivity contribution < 1.29 is 4.79 Å². The molecular weight excluding hydrogens is 332 g/mol. The molecule has 0 spiro atoms. The second-order valence-corrected chi connectivity index (χ2v) is 7.65. The normalized spacial score (nSPS) is 18.0. The quantitative estimate of drug-likeness (QED) is 0.716. The van der Waals surface area contributed by atoms with Gasteiger partial charge in [-0.05, 0) is 50.1 Å². The number of fused-ring (bicyclic) bond motifs is 1. The van der Waals surface area contributed by atoms with E-state index in [1.165, 1.54) is 4.88 Å². The van der Waals surface area contributed by atoms with Crippen molar-refractivity contribution in [1.82, 2.24) is 19.5 Å². The Morgan fingerprint density at radius 2 is 2.28 bits per heavy atom. The molecule has 1 atom stereocenters. The molecule has 1 amide bonds. The Kier molecular flexibility index (Phi) is 4.53. The summed E-state index contributed by atoms with van der Waals surface area (Å²) in [5, 5.41) is 6.45. The van der Waals surface area contributed by atoms with Gasteiger partial charge in [-0.1, -0.05) is 6.07 Å². The van der Waals surface area contributed by atoms with Crippen LogP contribution >= 0.6 is 11.3 Å². The molecule has 5 nitrogen and oxygen atoms in total. The van der Waals surface area contributed by atoms with E-state index in [1.54, 1.807) is 15.9 Å². The third kappa shape index (κ3) is 3.44. The van der Waals surface area contributed by atoms with E-state index in [4.69, 9.17) is 4.98 Å². The number of hydrogen-bond donors (Lipinski definition) is 0. The zero-order valence-electron chi connectivity index (χ0n) is 14.4. The minimum absolute atomic E-state index is 0.0878. The number of aromatic nitrogens is 3. The van der Waals surface area contributed by atoms with Gasteiger partial charge in [-0.25, -0.2) is 9.50 Å². The summed E-state index contributed by atoms with van der Waals surface area (Å²) < 4.78 is 1.80. The van der Waals surface area contributed by atoms with Crippen molar-refractivity contribution in [3.8, 4) is 0 Å². The molecule has 3 aromatic heterocycles. The summed E-state index contributed by atoms with van der Waals surface area (Å²) >= 11 is 1.72. The minimum Gasteiger partial charge on any atom is -0.334 e. The van der Waals surface area contributed by atoms with Crippen molar-refractivity contribution in [2.45, 2.75) is 45.1 Å². The Morgan fingerprint density at radius 3 is 3.12 bits per heavy atom. The molecule has 0 unspecified atom stereocenters. The van der Waals surface area contributed by atoms with E-state index in [-0.39, 0.29) is 11.9 Å². The van der Waals surface area contributed by atoms with E-state index < -0.39 is 0 Å². The van der Waals surface area contributed by atoms with Crippen LogP contribution in [0.25, 0.3) is 5.65 Å². The zero-order valence-corrected chi connectivity index (χ0v) is 15.2. The predicted molar refractivity (Wildman–Crippen MR) is 98.7 cm³/mol. The molecule has 1 saturated heterocycles. The number of hydrogen-bond acceptors (Lipinski definition) is 4. The molecule has 3 aromatic rings. The number of rotatable bonds is 4. The fourth-order valence-corrected chi connectivity index (χ4v) is 4.27. The average molecular weight is 354 g/mol. The smallest absolute Gasteiger partial charge is 0.223 e. The number of nitrogens with zero attached hydrogens (tertiary/aromatic N) is 4. The molecule has 1 aliphatic heterocycles. The SMILES string of the molecule is Cc1cc2nc([C@@H]3CCCCN3C(=O)CCc3cccs3)ccn2n1. The van der Waals surface area contributed by atoms with Crippen molar-refractivity contribution in [3.05, 3.63) is 52.1 Å². The lowest BCUT2D eigenvalue weighted by atomic mass is 9.98. The van der Waals surface area contributed by atoms with Crippen molar-refractivity contribution in [2.24, 2.45) is 0 Å². The standard InChI is InChI=1S/C19H22N4OS/c1-14-13-18-20-16(9-11-23(18)21-14)17-6-2-3-10-22(17)19(24)8-7-15-5-4-12-25-15/h4-5,9,11-13,17H,2-3,6-8,10H2,1H3/t17-/m0/s1. The lowest BCUT2D eigenvalue weighted by Crippen LogP contribution is -2.39. The first-order chi connectivity index (χ1) is 12.2. The lowest BCUT2D eigenvalue weighted by Gasteiger charge is -2.35. The van der Waals surface area contributed by atoms with Crippen LogP contribution in [0.4, 0.5) is 0 Å². The largest absolute Gasteiger partial charge is 0.334 e. The number of amides is 1. The van der Waals surface area contributed by atoms with E-state index in [2.05, 4.69) is 16.5 Å². The van der Waals surface area contributed by atoms with Gasteiger partial charge in [-0.15, -0.1) is 11.3 Å². The fourth-order valence-electron chi connectivity index (χ4n) is 3.56. The van der Waals surface area contributed by atoms with Crippen LogP contribution in [0.1, 0.15) is 48.0 Å². The molecule has 4 rings (SSSR count). The van der Waals surface area contributed by atoms with Crippen molar-refractivity contribution >= 4 is 22.9 Å². The molecule has 0 bridgehead atoms. The molecular formula is C19H22N4OS. The molecule has 1 aliphatic rings. The summed E-state index contributed by atoms with van der Waals surface area (Å²) in [4.78, 5) is 20.9. The Bertz CT molecular complexity index is 871. The van der Waals surface area contributed by atoms with Crippen LogP contribution in [0.15, 0.2) is 35.8 Å². The second-order valence-electron chi connectivity index (χ2n) is 6.62. The zero-order chi connectivity index (χ0) is 17.2. The number of thiophene rings is 1. The number of carbonyl (C=O) groups is 1. The summed E-state index contributed by atoms with van der Waals surface area (Å²) in [7, 11) is 0. The Labute approximate surface area is 151 Å². The van der Waals surface area contributed by atoms with E-state index in [0.717, 1.165) is 49.3 Å². The third-order valence-electron chi connectivity index (χ3n) is 4.80. The Hall–Kier alpha value is -2.21. The maximum Gasteiger partial charge on any atom is 0.223 e. The Morgan fingerprint density at radius 1 is 1.36 bits per heavy atom. The van der Waals surface area contributed by atoms with E-state index in [1.807, 2.05) is 36.2 Å². The summed E-state index contributed by atoms with van der Waals surface area (Å²) in [6.07, 6.45) is 6.56. The van der Waals surface area contributed by atoms with Crippen molar-refractivity contribution in [2.75, 3.05) is 6.54 Å². The molecule has 4 heterocycles. The summed E-state index contributed by atoms with van der Waals surface area (Å²) in [6.45, 7) is 2.80. The highest BCUT2D eigenvalue weighted by Gasteiger charge is 2.28. The second kappa shape index (κ2) is 6.96. The minimum atomic E-state index is 0.0878. The van der Waals surface area contributed by atoms with Crippen LogP contribution in [0.3, 0.4) is 0 Å². The van der Waals surface area contributed by atoms with Gasteiger partial charge >= 0.3 is 0 Å². The lowest BCUT2D eigenvalue weighted by molar-refractivity contribution is -0.135. The average Bonchev–Trinajstić information content (AvgIpc) is 3.27. The van der Waals surface area contributed by atoms with Gasteiger partial charge in [0.1, 0.15) is 0 Å². The highest BCUT2D eigenvalue weighted by molar-refractivity contribution is 7.09. The molecule has 6 heteroatoms.